The molecule has 0 radical (unpaired) electrons. The van der Waals surface area contributed by atoms with Crippen LogP contribution in [0.3, 0.4) is 0 Å². The van der Waals surface area contributed by atoms with Crippen molar-refractivity contribution in [3.8, 4) is 5.75 Å². The predicted octanol–water partition coefficient (Wildman–Crippen LogP) is 1.08. The van der Waals surface area contributed by atoms with Gasteiger partial charge in [-0.05, 0) is 19.1 Å². The number of aliphatic carboxylic acids is 1. The highest BCUT2D eigenvalue weighted by Gasteiger charge is 2.29. The highest BCUT2D eigenvalue weighted by molar-refractivity contribution is 5.79. The van der Waals surface area contributed by atoms with E-state index in [2.05, 4.69) is 0 Å². The van der Waals surface area contributed by atoms with Gasteiger partial charge in [0, 0.05) is 6.54 Å². The number of morpholine rings is 1. The molecular weight excluding hydrogens is 274 g/mol. The molecule has 1 atom stereocenters. The molecule has 1 aliphatic rings. The second-order valence-electron chi connectivity index (χ2n) is 5.02. The van der Waals surface area contributed by atoms with E-state index in [4.69, 9.17) is 14.6 Å². The lowest BCUT2D eigenvalue weighted by atomic mass is 10.1. The number of hydrogen-bond acceptors (Lipinski definition) is 4. The minimum absolute atomic E-state index is 0.0980. The molecule has 1 aromatic rings. The SMILES string of the molecule is Cc1ccc(OCC(=O)N2CCOCC2CC(=O)O)cc1. The van der Waals surface area contributed by atoms with Gasteiger partial charge in [0.25, 0.3) is 5.91 Å². The van der Waals surface area contributed by atoms with Crippen LogP contribution in [0.1, 0.15) is 12.0 Å². The fraction of sp³-hybridized carbons (Fsp3) is 0.467. The number of benzene rings is 1. The van der Waals surface area contributed by atoms with Crippen LogP contribution >= 0.6 is 0 Å². The van der Waals surface area contributed by atoms with Gasteiger partial charge in [-0.25, -0.2) is 0 Å². The van der Waals surface area contributed by atoms with Crippen molar-refractivity contribution in [2.24, 2.45) is 0 Å². The molecule has 1 amide bonds. The second-order valence-corrected chi connectivity index (χ2v) is 5.02. The van der Waals surface area contributed by atoms with E-state index in [1.807, 2.05) is 19.1 Å². The van der Waals surface area contributed by atoms with Crippen LogP contribution < -0.4 is 4.74 Å². The van der Waals surface area contributed by atoms with Crippen LogP contribution in [0.4, 0.5) is 0 Å². The highest BCUT2D eigenvalue weighted by atomic mass is 16.5. The van der Waals surface area contributed by atoms with Gasteiger partial charge >= 0.3 is 5.97 Å². The monoisotopic (exact) mass is 293 g/mol. The summed E-state index contributed by atoms with van der Waals surface area (Å²) >= 11 is 0. The summed E-state index contributed by atoms with van der Waals surface area (Å²) in [4.78, 5) is 24.5. The Bertz CT molecular complexity index is 499. The molecular formula is C15H19NO5. The molecule has 1 N–H and O–H groups in total. The second kappa shape index (κ2) is 7.08. The van der Waals surface area contributed by atoms with Crippen LogP contribution in [0.5, 0.6) is 5.75 Å². The van der Waals surface area contributed by atoms with Crippen LogP contribution in [0.15, 0.2) is 24.3 Å². The molecule has 1 unspecified atom stereocenters. The molecule has 21 heavy (non-hydrogen) atoms. The van der Waals surface area contributed by atoms with E-state index < -0.39 is 12.0 Å². The van der Waals surface area contributed by atoms with Crippen LogP contribution in [-0.2, 0) is 14.3 Å². The molecule has 0 saturated carbocycles. The first-order chi connectivity index (χ1) is 10.1. The van der Waals surface area contributed by atoms with Gasteiger partial charge in [0.15, 0.2) is 6.61 Å². The lowest BCUT2D eigenvalue weighted by Crippen LogP contribution is -2.51. The first-order valence-electron chi connectivity index (χ1n) is 6.85. The lowest BCUT2D eigenvalue weighted by Gasteiger charge is -2.34. The molecule has 6 heteroatoms. The summed E-state index contributed by atoms with van der Waals surface area (Å²) in [6.45, 7) is 2.95. The Morgan fingerprint density at radius 1 is 1.38 bits per heavy atom. The van der Waals surface area contributed by atoms with Crippen molar-refractivity contribution in [3.05, 3.63) is 29.8 Å². The van der Waals surface area contributed by atoms with E-state index in [1.165, 1.54) is 4.90 Å². The Morgan fingerprint density at radius 2 is 2.10 bits per heavy atom. The van der Waals surface area contributed by atoms with Gasteiger partial charge in [-0.1, -0.05) is 17.7 Å². The van der Waals surface area contributed by atoms with Crippen molar-refractivity contribution in [2.75, 3.05) is 26.4 Å². The van der Waals surface area contributed by atoms with Gasteiger partial charge in [0.05, 0.1) is 25.7 Å². The van der Waals surface area contributed by atoms with Crippen molar-refractivity contribution >= 4 is 11.9 Å². The lowest BCUT2D eigenvalue weighted by molar-refractivity contribution is -0.147. The Hall–Kier alpha value is -2.08. The van der Waals surface area contributed by atoms with Gasteiger partial charge < -0.3 is 19.5 Å². The number of carbonyl (C=O) groups is 2. The largest absolute Gasteiger partial charge is 0.484 e. The predicted molar refractivity (Wildman–Crippen MR) is 75.2 cm³/mol. The third-order valence-corrected chi connectivity index (χ3v) is 3.34. The third kappa shape index (κ3) is 4.46. The summed E-state index contributed by atoms with van der Waals surface area (Å²) in [6, 6.07) is 6.99. The fourth-order valence-electron chi connectivity index (χ4n) is 2.22. The molecule has 114 valence electrons. The molecule has 0 aromatic heterocycles. The number of nitrogens with zero attached hydrogens (tertiary/aromatic N) is 1. The summed E-state index contributed by atoms with van der Waals surface area (Å²) in [6.07, 6.45) is -0.115. The molecule has 0 aliphatic carbocycles. The average Bonchev–Trinajstić information content (AvgIpc) is 2.46. The van der Waals surface area contributed by atoms with Gasteiger partial charge in [0.1, 0.15) is 5.75 Å². The van der Waals surface area contributed by atoms with Crippen LogP contribution in [-0.4, -0.2) is 54.3 Å². The summed E-state index contributed by atoms with van der Waals surface area (Å²) in [7, 11) is 0. The number of carbonyl (C=O) groups excluding carboxylic acids is 1. The summed E-state index contributed by atoms with van der Waals surface area (Å²) in [5, 5.41) is 8.87. The number of carboxylic acids is 1. The standard InChI is InChI=1S/C15H19NO5/c1-11-2-4-13(5-3-11)21-10-14(17)16-6-7-20-9-12(16)8-15(18)19/h2-5,12H,6-10H2,1H3,(H,18,19). The van der Waals surface area contributed by atoms with Crippen molar-refractivity contribution < 1.29 is 24.2 Å². The van der Waals surface area contributed by atoms with Gasteiger partial charge in [0.2, 0.25) is 0 Å². The zero-order valence-electron chi connectivity index (χ0n) is 11.9. The van der Waals surface area contributed by atoms with Gasteiger partial charge in [-0.3, -0.25) is 9.59 Å². The summed E-state index contributed by atoms with van der Waals surface area (Å²) in [5.74, 6) is -0.537. The third-order valence-electron chi connectivity index (χ3n) is 3.34. The Kier molecular flexibility index (Phi) is 5.16. The molecule has 2 rings (SSSR count). The molecule has 1 aromatic carbocycles. The first kappa shape index (κ1) is 15.3. The van der Waals surface area contributed by atoms with Crippen LogP contribution in [0, 0.1) is 6.92 Å². The van der Waals surface area contributed by atoms with Crippen LogP contribution in [0.25, 0.3) is 0 Å². The average molecular weight is 293 g/mol. The Morgan fingerprint density at radius 3 is 2.76 bits per heavy atom. The van der Waals surface area contributed by atoms with E-state index in [9.17, 15) is 9.59 Å². The quantitative estimate of drug-likeness (QED) is 0.879. The minimum atomic E-state index is -0.942. The molecule has 1 fully saturated rings. The van der Waals surface area contributed by atoms with E-state index in [0.717, 1.165) is 5.56 Å². The van der Waals surface area contributed by atoms with Gasteiger partial charge in [-0.15, -0.1) is 0 Å². The van der Waals surface area contributed by atoms with Crippen molar-refractivity contribution in [1.82, 2.24) is 4.90 Å². The van der Waals surface area contributed by atoms with E-state index in [0.29, 0.717) is 18.9 Å². The molecule has 1 aliphatic heterocycles. The number of rotatable bonds is 5. The first-order valence-corrected chi connectivity index (χ1v) is 6.85. The zero-order chi connectivity index (χ0) is 15.2. The number of ether oxygens (including phenoxy) is 2. The van der Waals surface area contributed by atoms with E-state index in [-0.39, 0.29) is 25.5 Å². The molecule has 1 heterocycles. The van der Waals surface area contributed by atoms with Crippen molar-refractivity contribution in [3.63, 3.8) is 0 Å². The summed E-state index contributed by atoms with van der Waals surface area (Å²) in [5.41, 5.74) is 1.11. The maximum atomic E-state index is 12.2. The number of hydrogen-bond donors (Lipinski definition) is 1. The highest BCUT2D eigenvalue weighted by Crippen LogP contribution is 2.14. The molecule has 1 saturated heterocycles. The molecule has 6 nitrogen and oxygen atoms in total. The van der Waals surface area contributed by atoms with E-state index >= 15 is 0 Å². The minimum Gasteiger partial charge on any atom is -0.484 e. The normalized spacial score (nSPS) is 18.3. The van der Waals surface area contributed by atoms with Crippen molar-refractivity contribution in [2.45, 2.75) is 19.4 Å². The van der Waals surface area contributed by atoms with Crippen LogP contribution in [0.2, 0.25) is 0 Å². The number of carboxylic acid groups (broad SMARTS) is 1. The number of aryl methyl sites for hydroxylation is 1. The van der Waals surface area contributed by atoms with Gasteiger partial charge in [-0.2, -0.15) is 0 Å². The maximum Gasteiger partial charge on any atom is 0.305 e. The maximum absolute atomic E-state index is 12.2. The Balaban J connectivity index is 1.91. The van der Waals surface area contributed by atoms with E-state index in [1.54, 1.807) is 12.1 Å². The summed E-state index contributed by atoms with van der Waals surface area (Å²) < 4.78 is 10.7. The molecule has 0 bridgehead atoms. The fourth-order valence-corrected chi connectivity index (χ4v) is 2.22. The Labute approximate surface area is 123 Å². The smallest absolute Gasteiger partial charge is 0.305 e. The number of amides is 1. The topological polar surface area (TPSA) is 76.1 Å². The zero-order valence-corrected chi connectivity index (χ0v) is 11.9. The molecule has 0 spiro atoms. The van der Waals surface area contributed by atoms with Crippen molar-refractivity contribution in [1.29, 1.82) is 0 Å².